The van der Waals surface area contributed by atoms with Gasteiger partial charge in [0.1, 0.15) is 16.3 Å². The first-order chi connectivity index (χ1) is 8.91. The SMILES string of the molecule is CCC[C@@]1(C)C=CC(S(=O)(=O)O)=C(OC(C)(C)C)C1C. The van der Waals surface area contributed by atoms with Crippen LogP contribution in [0.5, 0.6) is 0 Å². The number of allylic oxidation sites excluding steroid dienone is 3. The van der Waals surface area contributed by atoms with E-state index in [0.717, 1.165) is 12.8 Å². The molecule has 0 saturated carbocycles. The van der Waals surface area contributed by atoms with E-state index in [1.165, 1.54) is 6.08 Å². The Hall–Kier alpha value is -0.810. The van der Waals surface area contributed by atoms with Crippen molar-refractivity contribution in [2.24, 2.45) is 11.3 Å². The fourth-order valence-corrected chi connectivity index (χ4v) is 3.24. The molecule has 0 aromatic carbocycles. The first-order valence-corrected chi connectivity index (χ1v) is 8.44. The molecule has 0 aromatic rings. The average molecular weight is 302 g/mol. The van der Waals surface area contributed by atoms with Crippen LogP contribution in [0.2, 0.25) is 0 Å². The molecule has 1 aliphatic rings. The van der Waals surface area contributed by atoms with E-state index in [9.17, 15) is 13.0 Å². The minimum absolute atomic E-state index is 0.108. The van der Waals surface area contributed by atoms with Crippen LogP contribution in [0.3, 0.4) is 0 Å². The lowest BCUT2D eigenvalue weighted by molar-refractivity contribution is 0.0183. The van der Waals surface area contributed by atoms with E-state index in [4.69, 9.17) is 4.74 Å². The van der Waals surface area contributed by atoms with Gasteiger partial charge in [-0.2, -0.15) is 8.42 Å². The second-order valence-electron chi connectivity index (χ2n) is 6.73. The highest BCUT2D eigenvalue weighted by Crippen LogP contribution is 2.45. The summed E-state index contributed by atoms with van der Waals surface area (Å²) in [5.74, 6) is 0.252. The molecule has 0 radical (unpaired) electrons. The van der Waals surface area contributed by atoms with Crippen LogP contribution in [-0.4, -0.2) is 18.6 Å². The fourth-order valence-electron chi connectivity index (χ4n) is 2.53. The lowest BCUT2D eigenvalue weighted by Gasteiger charge is -2.39. The summed E-state index contributed by atoms with van der Waals surface area (Å²) in [6.45, 7) is 11.7. The monoisotopic (exact) mass is 302 g/mol. The molecule has 1 N–H and O–H groups in total. The van der Waals surface area contributed by atoms with Crippen molar-refractivity contribution in [3.63, 3.8) is 0 Å². The zero-order valence-corrected chi connectivity index (χ0v) is 14.0. The van der Waals surface area contributed by atoms with Gasteiger partial charge in [-0.15, -0.1) is 0 Å². The average Bonchev–Trinajstić information content (AvgIpc) is 2.22. The van der Waals surface area contributed by atoms with Crippen molar-refractivity contribution in [1.29, 1.82) is 0 Å². The van der Waals surface area contributed by atoms with E-state index in [1.54, 1.807) is 0 Å². The Morgan fingerprint density at radius 2 is 1.95 bits per heavy atom. The normalized spacial score (nSPS) is 27.9. The van der Waals surface area contributed by atoms with Crippen LogP contribution in [0, 0.1) is 11.3 Å². The van der Waals surface area contributed by atoms with Gasteiger partial charge in [0.2, 0.25) is 0 Å². The second-order valence-corrected chi connectivity index (χ2v) is 8.12. The zero-order valence-electron chi connectivity index (χ0n) is 13.2. The van der Waals surface area contributed by atoms with Gasteiger partial charge in [-0.05, 0) is 38.7 Å². The van der Waals surface area contributed by atoms with Crippen molar-refractivity contribution in [2.45, 2.75) is 60.0 Å². The van der Waals surface area contributed by atoms with E-state index < -0.39 is 15.7 Å². The molecule has 0 heterocycles. The highest BCUT2D eigenvalue weighted by atomic mass is 32.2. The van der Waals surface area contributed by atoms with Gasteiger partial charge in [0, 0.05) is 5.92 Å². The minimum atomic E-state index is -4.28. The maximum atomic E-state index is 11.6. The lowest BCUT2D eigenvalue weighted by atomic mass is 9.71. The Labute approximate surface area is 122 Å². The van der Waals surface area contributed by atoms with E-state index in [1.807, 2.05) is 33.8 Å². The molecule has 0 bridgehead atoms. The van der Waals surface area contributed by atoms with Crippen LogP contribution in [-0.2, 0) is 14.9 Å². The highest BCUT2D eigenvalue weighted by molar-refractivity contribution is 7.90. The van der Waals surface area contributed by atoms with E-state index in [2.05, 4.69) is 13.8 Å². The Balaban J connectivity index is 3.36. The molecule has 5 heteroatoms. The molecule has 1 rings (SSSR count). The van der Waals surface area contributed by atoms with Crippen LogP contribution < -0.4 is 0 Å². The molecule has 1 aliphatic carbocycles. The van der Waals surface area contributed by atoms with Crippen molar-refractivity contribution >= 4 is 10.1 Å². The third-order valence-electron chi connectivity index (χ3n) is 3.72. The molecule has 4 nitrogen and oxygen atoms in total. The summed E-state index contributed by atoms with van der Waals surface area (Å²) in [5, 5.41) is 0. The molecule has 0 amide bonds. The van der Waals surface area contributed by atoms with Gasteiger partial charge < -0.3 is 4.74 Å². The number of ether oxygens (including phenoxy) is 1. The van der Waals surface area contributed by atoms with Gasteiger partial charge in [0.05, 0.1) is 0 Å². The molecule has 0 spiro atoms. The van der Waals surface area contributed by atoms with Crippen LogP contribution in [0.25, 0.3) is 0 Å². The molecule has 0 aromatic heterocycles. The molecular formula is C15H26O4S. The third kappa shape index (κ3) is 3.85. The molecule has 20 heavy (non-hydrogen) atoms. The molecule has 116 valence electrons. The van der Waals surface area contributed by atoms with Crippen molar-refractivity contribution in [3.05, 3.63) is 22.8 Å². The molecule has 2 atom stereocenters. The summed E-state index contributed by atoms with van der Waals surface area (Å²) in [4.78, 5) is -0.117. The molecule has 0 fully saturated rings. The second kappa shape index (κ2) is 5.53. The fraction of sp³-hybridized carbons (Fsp3) is 0.733. The van der Waals surface area contributed by atoms with Crippen LogP contribution >= 0.6 is 0 Å². The largest absolute Gasteiger partial charge is 0.491 e. The Bertz CT molecular complexity index is 523. The van der Waals surface area contributed by atoms with Crippen molar-refractivity contribution < 1.29 is 17.7 Å². The van der Waals surface area contributed by atoms with Gasteiger partial charge in [-0.25, -0.2) is 0 Å². The third-order valence-corrected chi connectivity index (χ3v) is 4.62. The summed E-state index contributed by atoms with van der Waals surface area (Å²) in [7, 11) is -4.28. The smallest absolute Gasteiger partial charge is 0.297 e. The number of hydrogen-bond donors (Lipinski definition) is 1. The van der Waals surface area contributed by atoms with Crippen molar-refractivity contribution in [2.75, 3.05) is 0 Å². The zero-order chi connectivity index (χ0) is 15.8. The quantitative estimate of drug-likeness (QED) is 0.800. The molecule has 1 unspecified atom stereocenters. The summed E-state index contributed by atoms with van der Waals surface area (Å²) in [6.07, 6.45) is 5.28. The summed E-state index contributed by atoms with van der Waals surface area (Å²) in [5.41, 5.74) is -0.679. The summed E-state index contributed by atoms with van der Waals surface area (Å²) in [6, 6.07) is 0. The van der Waals surface area contributed by atoms with Crippen molar-refractivity contribution in [1.82, 2.24) is 0 Å². The van der Waals surface area contributed by atoms with Crippen LogP contribution in [0.1, 0.15) is 54.4 Å². The standard InChI is InChI=1S/C15H26O4S/c1-7-9-15(6)10-8-12(20(16,17)18)13(11(15)2)19-14(3,4)5/h8,10-11H,7,9H2,1-6H3,(H,16,17,18)/t11?,15-/m0/s1. The molecule has 0 aliphatic heterocycles. The predicted octanol–water partition coefficient (Wildman–Crippen LogP) is 3.91. The number of rotatable bonds is 4. The van der Waals surface area contributed by atoms with Gasteiger partial charge in [-0.3, -0.25) is 4.55 Å². The lowest BCUT2D eigenvalue weighted by Crippen LogP contribution is -2.33. The Morgan fingerprint density at radius 1 is 1.40 bits per heavy atom. The Kier molecular flexibility index (Phi) is 4.76. The van der Waals surface area contributed by atoms with Gasteiger partial charge in [0.25, 0.3) is 10.1 Å². The van der Waals surface area contributed by atoms with Crippen LogP contribution in [0.4, 0.5) is 0 Å². The Morgan fingerprint density at radius 3 is 2.35 bits per heavy atom. The van der Waals surface area contributed by atoms with Gasteiger partial charge >= 0.3 is 0 Å². The molecular weight excluding hydrogens is 276 g/mol. The first-order valence-electron chi connectivity index (χ1n) is 7.00. The predicted molar refractivity (Wildman–Crippen MR) is 80.7 cm³/mol. The highest BCUT2D eigenvalue weighted by Gasteiger charge is 2.39. The van der Waals surface area contributed by atoms with Crippen LogP contribution in [0.15, 0.2) is 22.8 Å². The van der Waals surface area contributed by atoms with Gasteiger partial charge in [0.15, 0.2) is 0 Å². The first kappa shape index (κ1) is 17.2. The topological polar surface area (TPSA) is 63.6 Å². The molecule has 0 saturated heterocycles. The van der Waals surface area contributed by atoms with Gasteiger partial charge in [-0.1, -0.05) is 33.3 Å². The van der Waals surface area contributed by atoms with Crippen molar-refractivity contribution in [3.8, 4) is 0 Å². The summed E-state index contributed by atoms with van der Waals surface area (Å²) >= 11 is 0. The minimum Gasteiger partial charge on any atom is -0.491 e. The maximum absolute atomic E-state index is 11.6. The van der Waals surface area contributed by atoms with E-state index in [0.29, 0.717) is 5.76 Å². The maximum Gasteiger partial charge on any atom is 0.297 e. The summed E-state index contributed by atoms with van der Waals surface area (Å²) < 4.78 is 38.4. The van der Waals surface area contributed by atoms with E-state index in [-0.39, 0.29) is 16.2 Å². The number of hydrogen-bond acceptors (Lipinski definition) is 3. The van der Waals surface area contributed by atoms with E-state index >= 15 is 0 Å².